The van der Waals surface area contributed by atoms with E-state index in [1.54, 1.807) is 14.0 Å². The zero-order valence-corrected chi connectivity index (χ0v) is 14.1. The molecule has 1 unspecified atom stereocenters. The highest BCUT2D eigenvalue weighted by atomic mass is 32.2. The van der Waals surface area contributed by atoms with Crippen molar-refractivity contribution in [1.82, 2.24) is 19.1 Å². The van der Waals surface area contributed by atoms with E-state index < -0.39 is 17.4 Å². The Morgan fingerprint density at radius 1 is 1.32 bits per heavy atom. The van der Waals surface area contributed by atoms with Crippen LogP contribution in [0.2, 0.25) is 0 Å². The summed E-state index contributed by atoms with van der Waals surface area (Å²) in [5.74, 6) is 0.968. The Bertz CT molecular complexity index is 773. The van der Waals surface area contributed by atoms with Crippen LogP contribution in [0.1, 0.15) is 27.2 Å². The van der Waals surface area contributed by atoms with Crippen molar-refractivity contribution in [3.8, 4) is 0 Å². The van der Waals surface area contributed by atoms with Crippen molar-refractivity contribution < 1.29 is 5.11 Å². The van der Waals surface area contributed by atoms with Gasteiger partial charge in [0, 0.05) is 19.3 Å². The van der Waals surface area contributed by atoms with Gasteiger partial charge < -0.3 is 9.67 Å². The molecule has 0 aliphatic heterocycles. The second-order valence-corrected chi connectivity index (χ2v) is 6.87. The van der Waals surface area contributed by atoms with Crippen molar-refractivity contribution in [3.63, 3.8) is 0 Å². The van der Waals surface area contributed by atoms with Crippen LogP contribution in [0.3, 0.4) is 0 Å². The molecule has 2 aromatic heterocycles. The van der Waals surface area contributed by atoms with Crippen molar-refractivity contribution in [1.29, 1.82) is 0 Å². The molecular weight excluding hydrogens is 304 g/mol. The normalized spacial score (nSPS) is 13.2. The third-order valence-electron chi connectivity index (χ3n) is 3.36. The molecule has 7 nitrogen and oxygen atoms in total. The molecule has 122 valence electrons. The van der Waals surface area contributed by atoms with E-state index in [0.29, 0.717) is 34.5 Å². The molecule has 0 spiro atoms. The van der Waals surface area contributed by atoms with E-state index in [2.05, 4.69) is 23.8 Å². The Balaban J connectivity index is 2.58. The van der Waals surface area contributed by atoms with Gasteiger partial charge in [-0.25, -0.2) is 9.78 Å². The lowest BCUT2D eigenvalue weighted by atomic mass is 10.1. The summed E-state index contributed by atoms with van der Waals surface area (Å²) in [4.78, 5) is 30.7. The smallest absolute Gasteiger partial charge is 0.329 e. The van der Waals surface area contributed by atoms with E-state index in [9.17, 15) is 14.7 Å². The molecule has 0 aromatic carbocycles. The van der Waals surface area contributed by atoms with Crippen LogP contribution in [0.25, 0.3) is 11.2 Å². The molecule has 2 aromatic rings. The van der Waals surface area contributed by atoms with Crippen molar-refractivity contribution in [2.45, 2.75) is 45.0 Å². The topological polar surface area (TPSA) is 92.9 Å². The Hall–Kier alpha value is -1.54. The summed E-state index contributed by atoms with van der Waals surface area (Å²) in [5.41, 5.74) is -0.0993. The zero-order chi connectivity index (χ0) is 16.4. The van der Waals surface area contributed by atoms with Gasteiger partial charge in [-0.2, -0.15) is 0 Å². The quantitative estimate of drug-likeness (QED) is 0.771. The molecule has 1 atom stereocenters. The van der Waals surface area contributed by atoms with Crippen LogP contribution in [0.5, 0.6) is 0 Å². The molecule has 0 bridgehead atoms. The summed E-state index contributed by atoms with van der Waals surface area (Å²) in [5, 5.41) is 10.1. The fraction of sp³-hybridized carbons (Fsp3) is 0.643. The number of aliphatic hydroxyl groups excluding tert-OH is 1. The van der Waals surface area contributed by atoms with Gasteiger partial charge in [-0.15, -0.1) is 0 Å². The van der Waals surface area contributed by atoms with Crippen molar-refractivity contribution in [3.05, 3.63) is 20.8 Å². The summed E-state index contributed by atoms with van der Waals surface area (Å²) in [7, 11) is 1.59. The van der Waals surface area contributed by atoms with Gasteiger partial charge in [-0.3, -0.25) is 14.3 Å². The molecule has 8 heteroatoms. The summed E-state index contributed by atoms with van der Waals surface area (Å²) in [6.45, 7) is 6.58. The molecule has 22 heavy (non-hydrogen) atoms. The first-order valence-corrected chi connectivity index (χ1v) is 8.30. The standard InChI is InChI=1S/C14H22N4O3S/c1-8(2)5-6-18-10-11(15-14(18)22-7-9(3)19)17(4)13(21)16-12(10)20/h8-9,19H,5-7H2,1-4H3,(H,16,20,21). The number of aryl methyl sites for hydroxylation is 2. The lowest BCUT2D eigenvalue weighted by Gasteiger charge is -2.10. The highest BCUT2D eigenvalue weighted by molar-refractivity contribution is 7.99. The number of hydrogen-bond acceptors (Lipinski definition) is 5. The molecule has 0 saturated carbocycles. The number of aromatic nitrogens is 4. The minimum Gasteiger partial charge on any atom is -0.393 e. The number of nitrogens with one attached hydrogen (secondary N) is 1. The molecule has 2 heterocycles. The molecule has 0 fully saturated rings. The SMILES string of the molecule is CC(C)CCn1c(SCC(C)O)nc2c1c(=O)[nH]c(=O)n2C. The molecule has 2 rings (SSSR count). The lowest BCUT2D eigenvalue weighted by molar-refractivity contribution is 0.220. The van der Waals surface area contributed by atoms with Gasteiger partial charge in [0.1, 0.15) is 0 Å². The van der Waals surface area contributed by atoms with Gasteiger partial charge in [-0.1, -0.05) is 25.6 Å². The van der Waals surface area contributed by atoms with E-state index in [1.165, 1.54) is 16.3 Å². The number of thioether (sulfide) groups is 1. The van der Waals surface area contributed by atoms with Gasteiger partial charge in [0.05, 0.1) is 6.10 Å². The van der Waals surface area contributed by atoms with Crippen LogP contribution in [-0.4, -0.2) is 36.1 Å². The van der Waals surface area contributed by atoms with Crippen LogP contribution in [0.4, 0.5) is 0 Å². The predicted octanol–water partition coefficient (Wildman–Crippen LogP) is 0.942. The monoisotopic (exact) mass is 326 g/mol. The third kappa shape index (κ3) is 3.44. The average Bonchev–Trinajstić information content (AvgIpc) is 2.79. The maximum atomic E-state index is 12.2. The molecule has 2 N–H and O–H groups in total. The van der Waals surface area contributed by atoms with Gasteiger partial charge >= 0.3 is 5.69 Å². The summed E-state index contributed by atoms with van der Waals surface area (Å²) >= 11 is 1.39. The van der Waals surface area contributed by atoms with E-state index >= 15 is 0 Å². The summed E-state index contributed by atoms with van der Waals surface area (Å²) < 4.78 is 3.19. The maximum absolute atomic E-state index is 12.2. The maximum Gasteiger partial charge on any atom is 0.329 e. The van der Waals surface area contributed by atoms with E-state index in [1.807, 2.05) is 4.57 Å². The number of aromatic amines is 1. The van der Waals surface area contributed by atoms with Crippen LogP contribution < -0.4 is 11.2 Å². The molecular formula is C14H22N4O3S. The van der Waals surface area contributed by atoms with E-state index in [-0.39, 0.29) is 0 Å². The van der Waals surface area contributed by atoms with Gasteiger partial charge in [0.2, 0.25) is 0 Å². The number of H-pyrrole nitrogens is 1. The average molecular weight is 326 g/mol. The van der Waals surface area contributed by atoms with Crippen molar-refractivity contribution >= 4 is 22.9 Å². The number of rotatable bonds is 6. The zero-order valence-electron chi connectivity index (χ0n) is 13.3. The molecule has 0 saturated heterocycles. The summed E-state index contributed by atoms with van der Waals surface area (Å²) in [6, 6.07) is 0. The fourth-order valence-electron chi connectivity index (χ4n) is 2.11. The van der Waals surface area contributed by atoms with Gasteiger partial charge in [0.15, 0.2) is 16.3 Å². The molecule has 0 aliphatic carbocycles. The largest absolute Gasteiger partial charge is 0.393 e. The number of imidazole rings is 1. The number of hydrogen-bond donors (Lipinski definition) is 2. The Morgan fingerprint density at radius 2 is 2.00 bits per heavy atom. The number of fused-ring (bicyclic) bond motifs is 1. The van der Waals surface area contributed by atoms with E-state index in [0.717, 1.165) is 6.42 Å². The first kappa shape index (κ1) is 16.8. The minimum atomic E-state index is -0.474. The lowest BCUT2D eigenvalue weighted by Crippen LogP contribution is -2.29. The van der Waals surface area contributed by atoms with Gasteiger partial charge in [-0.05, 0) is 19.3 Å². The van der Waals surface area contributed by atoms with Crippen LogP contribution in [0, 0.1) is 5.92 Å². The second kappa shape index (κ2) is 6.70. The van der Waals surface area contributed by atoms with Crippen LogP contribution in [-0.2, 0) is 13.6 Å². The highest BCUT2D eigenvalue weighted by Gasteiger charge is 2.18. The van der Waals surface area contributed by atoms with Gasteiger partial charge in [0.25, 0.3) is 5.56 Å². The van der Waals surface area contributed by atoms with Crippen LogP contribution in [0.15, 0.2) is 14.7 Å². The summed E-state index contributed by atoms with van der Waals surface area (Å²) in [6.07, 6.45) is 0.432. The number of nitrogens with zero attached hydrogens (tertiary/aromatic N) is 3. The first-order chi connectivity index (χ1) is 10.3. The Morgan fingerprint density at radius 3 is 2.59 bits per heavy atom. The Kier molecular flexibility index (Phi) is 5.12. The van der Waals surface area contributed by atoms with E-state index in [4.69, 9.17) is 0 Å². The highest BCUT2D eigenvalue weighted by Crippen LogP contribution is 2.23. The second-order valence-electron chi connectivity index (χ2n) is 5.88. The molecule has 0 amide bonds. The molecule has 0 radical (unpaired) electrons. The van der Waals surface area contributed by atoms with Crippen molar-refractivity contribution in [2.24, 2.45) is 13.0 Å². The minimum absolute atomic E-state index is 0.380. The Labute approximate surface area is 132 Å². The van der Waals surface area contributed by atoms with Crippen LogP contribution >= 0.6 is 11.8 Å². The predicted molar refractivity (Wildman–Crippen MR) is 87.5 cm³/mol. The third-order valence-corrected chi connectivity index (χ3v) is 4.57. The number of aliphatic hydroxyl groups is 1. The van der Waals surface area contributed by atoms with Crippen molar-refractivity contribution in [2.75, 3.05) is 5.75 Å². The molecule has 0 aliphatic rings. The first-order valence-electron chi connectivity index (χ1n) is 7.31. The fourth-order valence-corrected chi connectivity index (χ4v) is 2.99.